The quantitative estimate of drug-likeness (QED) is 0.443. The Morgan fingerprint density at radius 2 is 1.50 bits per heavy atom. The molecule has 0 aromatic heterocycles. The number of carbonyl (C=O) groups excluding carboxylic acids is 1. The fourth-order valence-electron chi connectivity index (χ4n) is 2.68. The van der Waals surface area contributed by atoms with E-state index in [1.807, 2.05) is 32.0 Å². The molecule has 24 heavy (non-hydrogen) atoms. The fraction of sp³-hybridized carbons (Fsp3) is 0.278. The van der Waals surface area contributed by atoms with Crippen molar-refractivity contribution in [1.82, 2.24) is 0 Å². The maximum absolute atomic E-state index is 13.2. The predicted molar refractivity (Wildman–Crippen MR) is 95.9 cm³/mol. The second-order valence-electron chi connectivity index (χ2n) is 5.20. The maximum Gasteiger partial charge on any atom is 1.00 e. The van der Waals surface area contributed by atoms with Gasteiger partial charge in [-0.15, -0.1) is 0 Å². The van der Waals surface area contributed by atoms with Crippen LogP contribution in [-0.2, 0) is 0 Å². The Balaban J connectivity index is 0.00000288. The summed E-state index contributed by atoms with van der Waals surface area (Å²) in [6, 6.07) is 7.48. The summed E-state index contributed by atoms with van der Waals surface area (Å²) in [6.07, 6.45) is 0. The molecule has 2 aromatic rings. The molecular formula is C18H22LiO4P. The first kappa shape index (κ1) is 20.6. The van der Waals surface area contributed by atoms with E-state index in [0.29, 0.717) is 33.7 Å². The number of benzene rings is 2. The standard InChI is InChI=1S/C18H21O4P.Li.H/c1-10-7-6-8-11(2)14(10)16(19)15-12(20-3)9-13(21-4)18(23)17(15)22-5;;/h6-9H,23H2,1-5H3;;/q;+1;-1. The van der Waals surface area contributed by atoms with Gasteiger partial charge in [-0.05, 0) is 25.0 Å². The molecule has 1 unspecified atom stereocenters. The molecule has 0 amide bonds. The second kappa shape index (κ2) is 8.58. The Morgan fingerprint density at radius 1 is 0.958 bits per heavy atom. The van der Waals surface area contributed by atoms with E-state index in [1.54, 1.807) is 13.2 Å². The molecule has 0 spiro atoms. The van der Waals surface area contributed by atoms with Gasteiger partial charge in [-0.1, -0.05) is 27.4 Å². The smallest absolute Gasteiger partial charge is 1.00 e. The number of carbonyl (C=O) groups is 1. The summed E-state index contributed by atoms with van der Waals surface area (Å²) in [6.45, 7) is 3.84. The van der Waals surface area contributed by atoms with Crippen LogP contribution in [0.25, 0.3) is 0 Å². The van der Waals surface area contributed by atoms with Crippen LogP contribution in [0, 0.1) is 13.8 Å². The van der Waals surface area contributed by atoms with Gasteiger partial charge in [-0.3, -0.25) is 4.79 Å². The average molecular weight is 340 g/mol. The molecule has 0 saturated heterocycles. The van der Waals surface area contributed by atoms with Crippen molar-refractivity contribution in [2.24, 2.45) is 0 Å². The van der Waals surface area contributed by atoms with Gasteiger partial charge in [0.2, 0.25) is 5.78 Å². The first-order valence-corrected chi connectivity index (χ1v) is 7.73. The summed E-state index contributed by atoms with van der Waals surface area (Å²) in [7, 11) is 7.18. The van der Waals surface area contributed by atoms with Crippen molar-refractivity contribution in [3.8, 4) is 17.2 Å². The van der Waals surface area contributed by atoms with Crippen LogP contribution < -0.4 is 38.4 Å². The summed E-state index contributed by atoms with van der Waals surface area (Å²) >= 11 is 0. The SMILES string of the molecule is COc1cc(OC)c(C(=O)c2c(C)cccc2C)c(OC)c1P.[H-].[Li+]. The van der Waals surface area contributed by atoms with Crippen LogP contribution in [-0.4, -0.2) is 27.1 Å². The number of ether oxygens (including phenoxy) is 3. The minimum absolute atomic E-state index is 0. The van der Waals surface area contributed by atoms with Crippen molar-refractivity contribution in [3.05, 3.63) is 46.5 Å². The Morgan fingerprint density at radius 3 is 1.96 bits per heavy atom. The van der Waals surface area contributed by atoms with Crippen molar-refractivity contribution in [2.45, 2.75) is 13.8 Å². The molecule has 124 valence electrons. The molecule has 0 saturated carbocycles. The summed E-state index contributed by atoms with van der Waals surface area (Å²) in [5, 5.41) is 0.686. The number of methoxy groups -OCH3 is 3. The normalized spacial score (nSPS) is 9.92. The van der Waals surface area contributed by atoms with Crippen molar-refractivity contribution >= 4 is 20.3 Å². The van der Waals surface area contributed by atoms with Crippen LogP contribution in [0.3, 0.4) is 0 Å². The van der Waals surface area contributed by atoms with Crippen LogP contribution >= 0.6 is 9.24 Å². The van der Waals surface area contributed by atoms with Crippen molar-refractivity contribution in [3.63, 3.8) is 0 Å². The minimum Gasteiger partial charge on any atom is -1.00 e. The largest absolute Gasteiger partial charge is 1.00 e. The molecule has 0 aliphatic carbocycles. The van der Waals surface area contributed by atoms with Crippen LogP contribution in [0.4, 0.5) is 0 Å². The zero-order chi connectivity index (χ0) is 17.1. The Bertz CT molecular complexity index is 745. The zero-order valence-corrected chi connectivity index (χ0v) is 16.2. The van der Waals surface area contributed by atoms with E-state index in [2.05, 4.69) is 9.24 Å². The summed E-state index contributed by atoms with van der Waals surface area (Å²) in [4.78, 5) is 13.2. The molecule has 0 aliphatic rings. The van der Waals surface area contributed by atoms with E-state index >= 15 is 0 Å². The number of hydrogen-bond donors (Lipinski definition) is 0. The van der Waals surface area contributed by atoms with Crippen LogP contribution in [0.5, 0.6) is 17.2 Å². The van der Waals surface area contributed by atoms with Gasteiger partial charge in [0.15, 0.2) is 0 Å². The van der Waals surface area contributed by atoms with Gasteiger partial charge in [0.25, 0.3) is 0 Å². The third-order valence-electron chi connectivity index (χ3n) is 3.82. The van der Waals surface area contributed by atoms with Gasteiger partial charge in [0.05, 0.1) is 26.6 Å². The van der Waals surface area contributed by atoms with Gasteiger partial charge in [0, 0.05) is 11.6 Å². The van der Waals surface area contributed by atoms with Gasteiger partial charge in [0.1, 0.15) is 22.8 Å². The van der Waals surface area contributed by atoms with Crippen molar-refractivity contribution < 1.29 is 39.3 Å². The maximum atomic E-state index is 13.2. The molecular weight excluding hydrogens is 318 g/mol. The van der Waals surface area contributed by atoms with Gasteiger partial charge < -0.3 is 15.6 Å². The minimum atomic E-state index is -0.124. The fourth-order valence-corrected chi connectivity index (χ4v) is 3.15. The zero-order valence-electron chi connectivity index (χ0n) is 16.0. The first-order valence-electron chi connectivity index (χ1n) is 7.15. The van der Waals surface area contributed by atoms with E-state index in [0.717, 1.165) is 11.1 Å². The van der Waals surface area contributed by atoms with Crippen molar-refractivity contribution in [2.75, 3.05) is 21.3 Å². The molecule has 0 aliphatic heterocycles. The summed E-state index contributed by atoms with van der Waals surface area (Å²) < 4.78 is 16.2. The molecule has 4 nitrogen and oxygen atoms in total. The monoisotopic (exact) mass is 340 g/mol. The Labute approximate surface area is 158 Å². The second-order valence-corrected chi connectivity index (χ2v) is 5.78. The third kappa shape index (κ3) is 3.62. The van der Waals surface area contributed by atoms with Gasteiger partial charge >= 0.3 is 18.9 Å². The summed E-state index contributed by atoms with van der Waals surface area (Å²) in [5.41, 5.74) is 2.90. The molecule has 1 atom stereocenters. The molecule has 0 heterocycles. The molecule has 6 heteroatoms. The van der Waals surface area contributed by atoms with E-state index in [4.69, 9.17) is 14.2 Å². The van der Waals surface area contributed by atoms with E-state index in [-0.39, 0.29) is 26.1 Å². The number of rotatable bonds is 5. The van der Waals surface area contributed by atoms with E-state index < -0.39 is 0 Å². The molecule has 0 fully saturated rings. The Hall–Kier alpha value is -1.46. The van der Waals surface area contributed by atoms with E-state index in [1.165, 1.54) is 14.2 Å². The number of aryl methyl sites for hydroxylation is 2. The number of ketones is 1. The first-order chi connectivity index (χ1) is 11.0. The molecule has 0 bridgehead atoms. The van der Waals surface area contributed by atoms with Crippen LogP contribution in [0.1, 0.15) is 28.5 Å². The van der Waals surface area contributed by atoms with Gasteiger partial charge in [-0.2, -0.15) is 0 Å². The third-order valence-corrected chi connectivity index (χ3v) is 4.37. The number of hydrogen-bond acceptors (Lipinski definition) is 4. The molecule has 0 radical (unpaired) electrons. The van der Waals surface area contributed by atoms with Crippen molar-refractivity contribution in [1.29, 1.82) is 0 Å². The predicted octanol–water partition coefficient (Wildman–Crippen LogP) is 0.177. The molecule has 2 rings (SSSR count). The van der Waals surface area contributed by atoms with Crippen LogP contribution in [0.15, 0.2) is 24.3 Å². The van der Waals surface area contributed by atoms with Crippen LogP contribution in [0.2, 0.25) is 0 Å². The summed E-state index contributed by atoms with van der Waals surface area (Å²) in [5.74, 6) is 1.33. The topological polar surface area (TPSA) is 44.8 Å². The van der Waals surface area contributed by atoms with Gasteiger partial charge in [-0.25, -0.2) is 0 Å². The Kier molecular flexibility index (Phi) is 7.36. The average Bonchev–Trinajstić information content (AvgIpc) is 2.53. The molecule has 2 aromatic carbocycles. The molecule has 0 N–H and O–H groups in total. The van der Waals surface area contributed by atoms with E-state index in [9.17, 15) is 4.79 Å².